The molecule has 0 amide bonds. The minimum Gasteiger partial charge on any atom is -0.478 e. The SMILES string of the molecule is CC(C)S(=O)(=O)Nc1ccccc1C(=O)O. The van der Waals surface area contributed by atoms with E-state index in [1.165, 1.54) is 32.0 Å². The molecule has 0 spiro atoms. The molecule has 0 radical (unpaired) electrons. The Hall–Kier alpha value is -1.56. The Kier molecular flexibility index (Phi) is 3.54. The third kappa shape index (κ3) is 2.73. The number of nitrogens with one attached hydrogen (secondary N) is 1. The van der Waals surface area contributed by atoms with E-state index in [0.717, 1.165) is 0 Å². The van der Waals surface area contributed by atoms with Crippen LogP contribution >= 0.6 is 0 Å². The molecule has 0 aromatic heterocycles. The number of benzene rings is 1. The van der Waals surface area contributed by atoms with Gasteiger partial charge in [-0.25, -0.2) is 13.2 Å². The molecule has 0 saturated carbocycles. The Bertz CT molecular complexity index is 493. The summed E-state index contributed by atoms with van der Waals surface area (Å²) in [4.78, 5) is 10.8. The zero-order valence-corrected chi connectivity index (χ0v) is 9.78. The van der Waals surface area contributed by atoms with Crippen molar-refractivity contribution < 1.29 is 18.3 Å². The van der Waals surface area contributed by atoms with E-state index in [-0.39, 0.29) is 11.3 Å². The summed E-state index contributed by atoms with van der Waals surface area (Å²) in [5, 5.41) is 8.25. The van der Waals surface area contributed by atoms with Gasteiger partial charge in [-0.05, 0) is 26.0 Å². The van der Waals surface area contributed by atoms with Crippen LogP contribution in [0, 0.1) is 0 Å². The van der Waals surface area contributed by atoms with Gasteiger partial charge >= 0.3 is 5.97 Å². The zero-order valence-electron chi connectivity index (χ0n) is 8.97. The minimum atomic E-state index is -3.52. The van der Waals surface area contributed by atoms with Crippen molar-refractivity contribution in [2.75, 3.05) is 4.72 Å². The van der Waals surface area contributed by atoms with Crippen LogP contribution in [-0.4, -0.2) is 24.7 Å². The van der Waals surface area contributed by atoms with Crippen LogP contribution in [0.4, 0.5) is 5.69 Å². The number of aromatic carboxylic acids is 1. The summed E-state index contributed by atoms with van der Waals surface area (Å²) in [6, 6.07) is 5.88. The summed E-state index contributed by atoms with van der Waals surface area (Å²) in [5.41, 5.74) is 0.0235. The highest BCUT2D eigenvalue weighted by Gasteiger charge is 2.18. The largest absolute Gasteiger partial charge is 0.478 e. The van der Waals surface area contributed by atoms with Gasteiger partial charge in [0.15, 0.2) is 0 Å². The number of anilines is 1. The van der Waals surface area contributed by atoms with Crippen LogP contribution in [0.5, 0.6) is 0 Å². The lowest BCUT2D eigenvalue weighted by Gasteiger charge is -2.12. The third-order valence-electron chi connectivity index (χ3n) is 2.03. The molecule has 0 atom stereocenters. The smallest absolute Gasteiger partial charge is 0.337 e. The number of carboxylic acid groups (broad SMARTS) is 1. The fourth-order valence-corrected chi connectivity index (χ4v) is 1.75. The van der Waals surface area contributed by atoms with E-state index >= 15 is 0 Å². The van der Waals surface area contributed by atoms with Gasteiger partial charge in [0.05, 0.1) is 16.5 Å². The average Bonchev–Trinajstić information content (AvgIpc) is 2.17. The second kappa shape index (κ2) is 4.52. The first kappa shape index (κ1) is 12.5. The average molecular weight is 243 g/mol. The fraction of sp³-hybridized carbons (Fsp3) is 0.300. The minimum absolute atomic E-state index is 0.0632. The molecule has 0 aliphatic carbocycles. The Balaban J connectivity index is 3.12. The topological polar surface area (TPSA) is 83.5 Å². The molecule has 88 valence electrons. The lowest BCUT2D eigenvalue weighted by molar-refractivity contribution is 0.0698. The van der Waals surface area contributed by atoms with Gasteiger partial charge in [-0.3, -0.25) is 4.72 Å². The number of para-hydroxylation sites is 1. The molecule has 0 fully saturated rings. The number of hydrogen-bond donors (Lipinski definition) is 2. The summed E-state index contributed by atoms with van der Waals surface area (Å²) < 4.78 is 25.4. The predicted molar refractivity (Wildman–Crippen MR) is 61.1 cm³/mol. The number of sulfonamides is 1. The predicted octanol–water partition coefficient (Wildman–Crippen LogP) is 1.53. The summed E-state index contributed by atoms with van der Waals surface area (Å²) in [6.07, 6.45) is 0. The number of rotatable bonds is 4. The van der Waals surface area contributed by atoms with Gasteiger partial charge in [-0.1, -0.05) is 12.1 Å². The molecule has 0 heterocycles. The first-order chi connectivity index (χ1) is 7.34. The molecule has 1 aromatic carbocycles. The van der Waals surface area contributed by atoms with Gasteiger partial charge in [-0.2, -0.15) is 0 Å². The fourth-order valence-electron chi connectivity index (χ4n) is 1.03. The highest BCUT2D eigenvalue weighted by Crippen LogP contribution is 2.17. The van der Waals surface area contributed by atoms with Gasteiger partial charge in [0.1, 0.15) is 0 Å². The van der Waals surface area contributed by atoms with Gasteiger partial charge < -0.3 is 5.11 Å². The van der Waals surface area contributed by atoms with Crippen LogP contribution in [0.15, 0.2) is 24.3 Å². The third-order valence-corrected chi connectivity index (χ3v) is 3.78. The van der Waals surface area contributed by atoms with E-state index in [9.17, 15) is 13.2 Å². The molecule has 0 aliphatic heterocycles. The molecular formula is C10H13NO4S. The van der Waals surface area contributed by atoms with Crippen molar-refractivity contribution >= 4 is 21.7 Å². The summed E-state index contributed by atoms with van der Waals surface area (Å²) >= 11 is 0. The van der Waals surface area contributed by atoms with Crippen LogP contribution in [-0.2, 0) is 10.0 Å². The van der Waals surface area contributed by atoms with E-state index in [1.807, 2.05) is 0 Å². The lowest BCUT2D eigenvalue weighted by Crippen LogP contribution is -2.23. The molecule has 1 rings (SSSR count). The first-order valence-corrected chi connectivity index (χ1v) is 6.23. The standard InChI is InChI=1S/C10H13NO4S/c1-7(2)16(14,15)11-9-6-4-3-5-8(9)10(12)13/h3-7,11H,1-2H3,(H,12,13). The Morgan fingerprint density at radius 3 is 2.38 bits per heavy atom. The highest BCUT2D eigenvalue weighted by molar-refractivity contribution is 7.93. The Labute approximate surface area is 94.2 Å². The molecule has 6 heteroatoms. The van der Waals surface area contributed by atoms with Crippen LogP contribution < -0.4 is 4.72 Å². The van der Waals surface area contributed by atoms with Crippen molar-refractivity contribution in [3.05, 3.63) is 29.8 Å². The first-order valence-electron chi connectivity index (χ1n) is 4.68. The van der Waals surface area contributed by atoms with Crippen molar-refractivity contribution in [3.8, 4) is 0 Å². The second-order valence-electron chi connectivity index (χ2n) is 3.55. The summed E-state index contributed by atoms with van der Waals surface area (Å²) in [7, 11) is -3.52. The van der Waals surface area contributed by atoms with Gasteiger partial charge in [0.25, 0.3) is 0 Å². The van der Waals surface area contributed by atoms with E-state index < -0.39 is 21.2 Å². The zero-order chi connectivity index (χ0) is 12.3. The van der Waals surface area contributed by atoms with Crippen molar-refractivity contribution in [3.63, 3.8) is 0 Å². The maximum atomic E-state index is 11.6. The normalized spacial score (nSPS) is 11.4. The molecule has 0 unspecified atom stereocenters. The molecular weight excluding hydrogens is 230 g/mol. The molecule has 0 bridgehead atoms. The second-order valence-corrected chi connectivity index (χ2v) is 5.78. The van der Waals surface area contributed by atoms with E-state index in [1.54, 1.807) is 6.07 Å². The molecule has 16 heavy (non-hydrogen) atoms. The number of carbonyl (C=O) groups is 1. The number of hydrogen-bond acceptors (Lipinski definition) is 3. The van der Waals surface area contributed by atoms with E-state index in [0.29, 0.717) is 0 Å². The molecule has 0 aliphatic rings. The van der Waals surface area contributed by atoms with E-state index in [2.05, 4.69) is 4.72 Å². The Morgan fingerprint density at radius 1 is 1.31 bits per heavy atom. The van der Waals surface area contributed by atoms with E-state index in [4.69, 9.17) is 5.11 Å². The quantitative estimate of drug-likeness (QED) is 0.840. The summed E-state index contributed by atoms with van der Waals surface area (Å²) in [6.45, 7) is 3.04. The van der Waals surface area contributed by atoms with Gasteiger partial charge in [-0.15, -0.1) is 0 Å². The summed E-state index contributed by atoms with van der Waals surface area (Å²) in [5.74, 6) is -1.16. The maximum absolute atomic E-state index is 11.6. The van der Waals surface area contributed by atoms with Crippen molar-refractivity contribution in [2.45, 2.75) is 19.1 Å². The van der Waals surface area contributed by atoms with Gasteiger partial charge in [0.2, 0.25) is 10.0 Å². The van der Waals surface area contributed by atoms with Crippen molar-refractivity contribution in [1.29, 1.82) is 0 Å². The molecule has 2 N–H and O–H groups in total. The maximum Gasteiger partial charge on any atom is 0.337 e. The van der Waals surface area contributed by atoms with Crippen LogP contribution in [0.25, 0.3) is 0 Å². The van der Waals surface area contributed by atoms with Crippen LogP contribution in [0.3, 0.4) is 0 Å². The lowest BCUT2D eigenvalue weighted by atomic mass is 10.2. The molecule has 5 nitrogen and oxygen atoms in total. The van der Waals surface area contributed by atoms with Crippen LogP contribution in [0.2, 0.25) is 0 Å². The highest BCUT2D eigenvalue weighted by atomic mass is 32.2. The van der Waals surface area contributed by atoms with Crippen molar-refractivity contribution in [2.24, 2.45) is 0 Å². The number of carboxylic acids is 1. The Morgan fingerprint density at radius 2 is 1.88 bits per heavy atom. The monoisotopic (exact) mass is 243 g/mol. The van der Waals surface area contributed by atoms with Gasteiger partial charge in [0, 0.05) is 0 Å². The molecule has 1 aromatic rings. The van der Waals surface area contributed by atoms with Crippen molar-refractivity contribution in [1.82, 2.24) is 0 Å². The molecule has 0 saturated heterocycles. The van der Waals surface area contributed by atoms with Crippen LogP contribution in [0.1, 0.15) is 24.2 Å².